The number of aromatic nitrogens is 2. The van der Waals surface area contributed by atoms with Gasteiger partial charge in [0.25, 0.3) is 0 Å². The molecule has 1 aromatic heterocycles. The molecule has 2 nitrogen and oxygen atoms in total. The summed E-state index contributed by atoms with van der Waals surface area (Å²) in [5.74, 6) is 0. The van der Waals surface area contributed by atoms with Gasteiger partial charge in [-0.2, -0.15) is 0 Å². The van der Waals surface area contributed by atoms with Gasteiger partial charge in [-0.15, -0.1) is 0 Å². The van der Waals surface area contributed by atoms with Gasteiger partial charge in [-0.3, -0.25) is 0 Å². The summed E-state index contributed by atoms with van der Waals surface area (Å²) in [7, 11) is 0. The van der Waals surface area contributed by atoms with E-state index < -0.39 is 0 Å². The Hall–Kier alpha value is -1.83. The van der Waals surface area contributed by atoms with Gasteiger partial charge in [-0.1, -0.05) is 43.7 Å². The average Bonchev–Trinajstić information content (AvgIpc) is 2.83. The third kappa shape index (κ3) is 3.59. The fraction of sp³-hybridized carbons (Fsp3) is 0.267. The minimum atomic E-state index is 1.10. The molecule has 0 aliphatic heterocycles. The molecule has 1 heterocycles. The van der Waals surface area contributed by atoms with Crippen LogP contribution in [0.2, 0.25) is 0 Å². The maximum atomic E-state index is 2.22. The molecule has 0 bridgehead atoms. The van der Waals surface area contributed by atoms with Crippen molar-refractivity contribution >= 4 is 12.3 Å². The molecular weight excluding hydrogens is 208 g/mol. The van der Waals surface area contributed by atoms with E-state index in [9.17, 15) is 0 Å². The van der Waals surface area contributed by atoms with Gasteiger partial charge < -0.3 is 0 Å². The highest BCUT2D eigenvalue weighted by Crippen LogP contribution is 2.00. The van der Waals surface area contributed by atoms with Gasteiger partial charge in [0.15, 0.2) is 0 Å². The first-order valence-electron chi connectivity index (χ1n) is 6.18. The molecule has 0 N–H and O–H groups in total. The normalized spacial score (nSPS) is 11.1. The first kappa shape index (κ1) is 11.6. The monoisotopic (exact) mass is 227 g/mol. The summed E-state index contributed by atoms with van der Waals surface area (Å²) in [6.45, 7) is 3.32. The van der Waals surface area contributed by atoms with Crippen LogP contribution in [0.5, 0.6) is 0 Å². The number of benzene rings is 1. The molecule has 1 aromatic carbocycles. The molecule has 0 radical (unpaired) electrons. The van der Waals surface area contributed by atoms with Crippen LogP contribution in [0.4, 0.5) is 0 Å². The van der Waals surface area contributed by atoms with E-state index in [1.807, 2.05) is 6.07 Å². The molecule has 88 valence electrons. The quantitative estimate of drug-likeness (QED) is 0.694. The topological polar surface area (TPSA) is 8.81 Å². The molecular formula is C15H19N2+. The Balaban J connectivity index is 1.99. The number of aryl methyl sites for hydroxylation is 1. The van der Waals surface area contributed by atoms with E-state index in [0.29, 0.717) is 0 Å². The highest BCUT2D eigenvalue weighted by molar-refractivity contribution is 5.56. The van der Waals surface area contributed by atoms with Crippen molar-refractivity contribution < 1.29 is 4.57 Å². The predicted molar refractivity (Wildman–Crippen MR) is 71.2 cm³/mol. The second-order valence-electron chi connectivity index (χ2n) is 4.18. The van der Waals surface area contributed by atoms with Crippen molar-refractivity contribution in [2.24, 2.45) is 0 Å². The lowest BCUT2D eigenvalue weighted by Gasteiger charge is -1.91. The predicted octanol–water partition coefficient (Wildman–Crippen LogP) is 3.20. The van der Waals surface area contributed by atoms with Crippen LogP contribution in [-0.4, -0.2) is 4.57 Å². The van der Waals surface area contributed by atoms with Crippen LogP contribution in [0, 0.1) is 0 Å². The molecule has 0 unspecified atom stereocenters. The average molecular weight is 227 g/mol. The third-order valence-electron chi connectivity index (χ3n) is 2.72. The van der Waals surface area contributed by atoms with Crippen LogP contribution < -0.4 is 4.57 Å². The Labute approximate surface area is 103 Å². The number of rotatable bonds is 5. The third-order valence-corrected chi connectivity index (χ3v) is 2.72. The lowest BCUT2D eigenvalue weighted by molar-refractivity contribution is -0.566. The Bertz CT molecular complexity index is 469. The summed E-state index contributed by atoms with van der Waals surface area (Å²) in [4.78, 5) is 0. The molecule has 2 rings (SSSR count). The van der Waals surface area contributed by atoms with Crippen molar-refractivity contribution in [2.45, 2.75) is 26.3 Å². The number of nitrogens with zero attached hydrogens (tertiary/aromatic N) is 2. The SMILES string of the molecule is CCCCn1cc[n+](C=Cc2ccccc2)c1. The summed E-state index contributed by atoms with van der Waals surface area (Å²) in [5, 5.41) is 0. The van der Waals surface area contributed by atoms with E-state index >= 15 is 0 Å². The van der Waals surface area contributed by atoms with Crippen molar-refractivity contribution in [3.05, 3.63) is 54.6 Å². The number of hydrogen-bond acceptors (Lipinski definition) is 0. The van der Waals surface area contributed by atoms with Crippen molar-refractivity contribution in [3.8, 4) is 0 Å². The number of unbranched alkanes of at least 4 members (excludes halogenated alkanes) is 1. The fourth-order valence-electron chi connectivity index (χ4n) is 1.71. The largest absolute Gasteiger partial charge is 0.248 e. The van der Waals surface area contributed by atoms with Crippen LogP contribution in [0.3, 0.4) is 0 Å². The second-order valence-corrected chi connectivity index (χ2v) is 4.18. The molecule has 0 aliphatic rings. The molecule has 0 amide bonds. The fourth-order valence-corrected chi connectivity index (χ4v) is 1.71. The zero-order valence-corrected chi connectivity index (χ0v) is 10.3. The van der Waals surface area contributed by atoms with Crippen molar-refractivity contribution in [2.75, 3.05) is 0 Å². The Morgan fingerprint density at radius 3 is 2.82 bits per heavy atom. The smallest absolute Gasteiger partial charge is 0.236 e. The molecule has 2 heteroatoms. The lowest BCUT2D eigenvalue weighted by atomic mass is 10.2. The summed E-state index contributed by atoms with van der Waals surface area (Å²) >= 11 is 0. The van der Waals surface area contributed by atoms with Crippen molar-refractivity contribution in [3.63, 3.8) is 0 Å². The van der Waals surface area contributed by atoms with Gasteiger partial charge >= 0.3 is 0 Å². The van der Waals surface area contributed by atoms with Gasteiger partial charge in [-0.05, 0) is 18.1 Å². The Kier molecular flexibility index (Phi) is 4.14. The van der Waals surface area contributed by atoms with E-state index in [4.69, 9.17) is 0 Å². The van der Waals surface area contributed by atoms with Crippen LogP contribution in [0.15, 0.2) is 49.1 Å². The van der Waals surface area contributed by atoms with Crippen LogP contribution in [0.1, 0.15) is 25.3 Å². The zero-order valence-electron chi connectivity index (χ0n) is 10.3. The summed E-state index contributed by atoms with van der Waals surface area (Å²) in [6, 6.07) is 10.3. The highest BCUT2D eigenvalue weighted by atomic mass is 15.1. The van der Waals surface area contributed by atoms with Gasteiger partial charge in [0.05, 0.1) is 12.7 Å². The Morgan fingerprint density at radius 2 is 2.06 bits per heavy atom. The second kappa shape index (κ2) is 6.04. The molecule has 17 heavy (non-hydrogen) atoms. The molecule has 0 aliphatic carbocycles. The molecule has 0 saturated carbocycles. The van der Waals surface area contributed by atoms with Gasteiger partial charge in [0, 0.05) is 0 Å². The zero-order chi connectivity index (χ0) is 11.9. The Morgan fingerprint density at radius 1 is 1.24 bits per heavy atom. The van der Waals surface area contributed by atoms with E-state index in [1.54, 1.807) is 0 Å². The maximum Gasteiger partial charge on any atom is 0.248 e. The first-order chi connectivity index (χ1) is 8.38. The maximum absolute atomic E-state index is 2.22. The molecule has 0 fully saturated rings. The van der Waals surface area contributed by atoms with E-state index in [2.05, 4.69) is 71.3 Å². The van der Waals surface area contributed by atoms with Gasteiger partial charge in [-0.25, -0.2) is 9.13 Å². The molecule has 2 aromatic rings. The minimum Gasteiger partial charge on any atom is -0.236 e. The standard InChI is InChI=1S/C15H19N2/c1-2-3-10-16-12-13-17(14-16)11-9-15-7-5-4-6-8-15/h4-9,11-14H,2-3,10H2,1H3/q+1. The minimum absolute atomic E-state index is 1.10. The molecule has 0 atom stereocenters. The van der Waals surface area contributed by atoms with Crippen LogP contribution in [-0.2, 0) is 6.54 Å². The van der Waals surface area contributed by atoms with Crippen LogP contribution in [0.25, 0.3) is 12.3 Å². The van der Waals surface area contributed by atoms with Gasteiger partial charge in [0.1, 0.15) is 12.4 Å². The van der Waals surface area contributed by atoms with Crippen molar-refractivity contribution in [1.29, 1.82) is 0 Å². The van der Waals surface area contributed by atoms with E-state index in [-0.39, 0.29) is 0 Å². The summed E-state index contributed by atoms with van der Waals surface area (Å²) in [5.41, 5.74) is 1.22. The summed E-state index contributed by atoms with van der Waals surface area (Å²) in [6.07, 6.45) is 13.0. The molecule has 0 spiro atoms. The number of hydrogen-bond donors (Lipinski definition) is 0. The van der Waals surface area contributed by atoms with E-state index in [1.165, 1.54) is 18.4 Å². The first-order valence-corrected chi connectivity index (χ1v) is 6.18. The van der Waals surface area contributed by atoms with E-state index in [0.717, 1.165) is 6.54 Å². The molecule has 0 saturated heterocycles. The van der Waals surface area contributed by atoms with Gasteiger partial charge in [0.2, 0.25) is 6.33 Å². The summed E-state index contributed by atoms with van der Waals surface area (Å²) < 4.78 is 4.31. The number of imidazole rings is 1. The highest BCUT2D eigenvalue weighted by Gasteiger charge is 1.99. The lowest BCUT2D eigenvalue weighted by Crippen LogP contribution is -2.21. The van der Waals surface area contributed by atoms with Crippen LogP contribution >= 0.6 is 0 Å². The van der Waals surface area contributed by atoms with Crippen molar-refractivity contribution in [1.82, 2.24) is 4.57 Å².